The van der Waals surface area contributed by atoms with Gasteiger partial charge in [0, 0.05) is 18.5 Å². The van der Waals surface area contributed by atoms with Crippen LogP contribution in [0.1, 0.15) is 36.8 Å². The first-order valence-electron chi connectivity index (χ1n) is 7.84. The Hall–Kier alpha value is -1.88. The third-order valence-corrected chi connectivity index (χ3v) is 5.18. The molecule has 1 aliphatic carbocycles. The van der Waals surface area contributed by atoms with Crippen molar-refractivity contribution in [2.24, 2.45) is 0 Å². The van der Waals surface area contributed by atoms with Crippen molar-refractivity contribution in [3.8, 4) is 0 Å². The summed E-state index contributed by atoms with van der Waals surface area (Å²) in [6, 6.07) is 8.34. The molecule has 3 aliphatic rings. The van der Waals surface area contributed by atoms with Crippen LogP contribution in [0.5, 0.6) is 0 Å². The summed E-state index contributed by atoms with van der Waals surface area (Å²) in [5.74, 6) is -1.03. The number of fused-ring (bicyclic) bond motifs is 2. The van der Waals surface area contributed by atoms with Crippen molar-refractivity contribution in [3.05, 3.63) is 35.4 Å². The van der Waals surface area contributed by atoms with E-state index in [1.807, 2.05) is 11.0 Å². The summed E-state index contributed by atoms with van der Waals surface area (Å²) in [6.07, 6.45) is 1.74. The number of hydrogen-bond donors (Lipinski definition) is 1. The largest absolute Gasteiger partial charge is 0.479 e. The molecule has 2 atom stereocenters. The van der Waals surface area contributed by atoms with Gasteiger partial charge in [-0.05, 0) is 36.8 Å². The van der Waals surface area contributed by atoms with Gasteiger partial charge in [0.25, 0.3) is 5.91 Å². The van der Waals surface area contributed by atoms with Gasteiger partial charge in [0.2, 0.25) is 0 Å². The van der Waals surface area contributed by atoms with Gasteiger partial charge >= 0.3 is 5.97 Å². The molecule has 4 rings (SSSR count). The number of amides is 1. The summed E-state index contributed by atoms with van der Waals surface area (Å²) in [4.78, 5) is 25.5. The zero-order valence-corrected chi connectivity index (χ0v) is 12.3. The molecule has 0 radical (unpaired) electrons. The van der Waals surface area contributed by atoms with Gasteiger partial charge in [-0.2, -0.15) is 0 Å². The Bertz CT molecular complexity index is 637. The lowest BCUT2D eigenvalue weighted by atomic mass is 9.87. The fraction of sp³-hybridized carbons (Fsp3) is 0.529. The predicted octanol–water partition coefficient (Wildman–Crippen LogP) is 1.69. The third-order valence-electron chi connectivity index (χ3n) is 5.18. The van der Waals surface area contributed by atoms with Crippen LogP contribution in [0.2, 0.25) is 0 Å². The molecule has 2 heterocycles. The molecule has 1 aromatic rings. The van der Waals surface area contributed by atoms with Crippen molar-refractivity contribution in [1.82, 2.24) is 4.90 Å². The average Bonchev–Trinajstić information content (AvgIpc) is 3.11. The molecular formula is C17H19NO4. The summed E-state index contributed by atoms with van der Waals surface area (Å²) >= 11 is 0. The van der Waals surface area contributed by atoms with Gasteiger partial charge in [0.1, 0.15) is 6.10 Å². The first-order chi connectivity index (χ1) is 10.6. The van der Waals surface area contributed by atoms with E-state index in [-0.39, 0.29) is 11.3 Å². The van der Waals surface area contributed by atoms with Gasteiger partial charge in [-0.25, -0.2) is 4.79 Å². The molecule has 0 aromatic heterocycles. The topological polar surface area (TPSA) is 66.8 Å². The van der Waals surface area contributed by atoms with E-state index >= 15 is 0 Å². The normalized spacial score (nSPS) is 28.5. The van der Waals surface area contributed by atoms with Gasteiger partial charge in [-0.15, -0.1) is 0 Å². The van der Waals surface area contributed by atoms with Crippen molar-refractivity contribution in [2.45, 2.75) is 49.9 Å². The zero-order chi connectivity index (χ0) is 15.3. The Morgan fingerprint density at radius 3 is 2.59 bits per heavy atom. The van der Waals surface area contributed by atoms with E-state index in [2.05, 4.69) is 18.2 Å². The number of hydrogen-bond acceptors (Lipinski definition) is 3. The van der Waals surface area contributed by atoms with E-state index < -0.39 is 18.2 Å². The van der Waals surface area contributed by atoms with Gasteiger partial charge in [0.15, 0.2) is 6.10 Å². The molecule has 5 nitrogen and oxygen atoms in total. The highest BCUT2D eigenvalue weighted by Crippen LogP contribution is 2.52. The molecule has 1 amide bonds. The Morgan fingerprint density at radius 2 is 1.91 bits per heavy atom. The molecule has 2 fully saturated rings. The van der Waals surface area contributed by atoms with Gasteiger partial charge < -0.3 is 14.7 Å². The number of benzene rings is 1. The lowest BCUT2D eigenvalue weighted by Gasteiger charge is -2.36. The fourth-order valence-corrected chi connectivity index (χ4v) is 3.83. The highest BCUT2D eigenvalue weighted by Gasteiger charge is 2.50. The lowest BCUT2D eigenvalue weighted by molar-refractivity contribution is -0.155. The zero-order valence-electron chi connectivity index (χ0n) is 12.3. The molecule has 2 aliphatic heterocycles. The molecule has 1 spiro atoms. The van der Waals surface area contributed by atoms with Crippen LogP contribution in [0, 0.1) is 0 Å². The number of rotatable bonds is 2. The Balaban J connectivity index is 1.53. The fourth-order valence-electron chi connectivity index (χ4n) is 3.83. The summed E-state index contributed by atoms with van der Waals surface area (Å²) < 4.78 is 5.42. The van der Waals surface area contributed by atoms with Crippen molar-refractivity contribution in [3.63, 3.8) is 0 Å². The number of carboxylic acid groups (broad SMARTS) is 1. The second kappa shape index (κ2) is 4.81. The summed E-state index contributed by atoms with van der Waals surface area (Å²) in [5, 5.41) is 9.00. The van der Waals surface area contributed by atoms with E-state index in [4.69, 9.17) is 9.84 Å². The quantitative estimate of drug-likeness (QED) is 0.903. The number of carboxylic acids is 1. The molecular weight excluding hydrogens is 282 g/mol. The van der Waals surface area contributed by atoms with Crippen LogP contribution in [-0.4, -0.2) is 40.6 Å². The standard InChI is InChI=1S/C17H19NO4/c19-15(13-5-6-14(22-13)16(20)21)18-9-11-3-1-2-4-12(11)17(10-18)7-8-17/h1-4,13-14H,5-10H2,(H,20,21)/t13-,14+/m0/s1. The van der Waals surface area contributed by atoms with E-state index in [0.29, 0.717) is 19.4 Å². The molecule has 5 heteroatoms. The maximum Gasteiger partial charge on any atom is 0.332 e. The maximum absolute atomic E-state index is 12.7. The first-order valence-corrected chi connectivity index (χ1v) is 7.84. The summed E-state index contributed by atoms with van der Waals surface area (Å²) in [6.45, 7) is 1.34. The van der Waals surface area contributed by atoms with E-state index in [1.165, 1.54) is 11.1 Å². The molecule has 22 heavy (non-hydrogen) atoms. The Labute approximate surface area is 128 Å². The number of carbonyl (C=O) groups is 2. The molecule has 116 valence electrons. The van der Waals surface area contributed by atoms with Crippen LogP contribution in [0.4, 0.5) is 0 Å². The summed E-state index contributed by atoms with van der Waals surface area (Å²) in [5.41, 5.74) is 2.73. The molecule has 0 unspecified atom stereocenters. The third kappa shape index (κ3) is 2.11. The van der Waals surface area contributed by atoms with Crippen LogP contribution in [0.25, 0.3) is 0 Å². The maximum atomic E-state index is 12.7. The van der Waals surface area contributed by atoms with Crippen LogP contribution < -0.4 is 0 Å². The smallest absolute Gasteiger partial charge is 0.332 e. The van der Waals surface area contributed by atoms with Gasteiger partial charge in [0.05, 0.1) is 0 Å². The van der Waals surface area contributed by atoms with Crippen LogP contribution in [0.3, 0.4) is 0 Å². The van der Waals surface area contributed by atoms with Crippen molar-refractivity contribution in [2.75, 3.05) is 6.54 Å². The molecule has 1 saturated carbocycles. The molecule has 1 N–H and O–H groups in total. The second-order valence-corrected chi connectivity index (χ2v) is 6.66. The second-order valence-electron chi connectivity index (χ2n) is 6.66. The van der Waals surface area contributed by atoms with E-state index in [9.17, 15) is 9.59 Å². The minimum Gasteiger partial charge on any atom is -0.479 e. The Morgan fingerprint density at radius 1 is 1.18 bits per heavy atom. The number of ether oxygens (including phenoxy) is 1. The highest BCUT2D eigenvalue weighted by molar-refractivity contribution is 5.83. The van der Waals surface area contributed by atoms with Gasteiger partial charge in [-0.1, -0.05) is 24.3 Å². The van der Waals surface area contributed by atoms with Gasteiger partial charge in [-0.3, -0.25) is 4.79 Å². The minimum absolute atomic E-state index is 0.0514. The van der Waals surface area contributed by atoms with Crippen LogP contribution in [0.15, 0.2) is 24.3 Å². The molecule has 1 saturated heterocycles. The first kappa shape index (κ1) is 13.8. The van der Waals surface area contributed by atoms with Crippen molar-refractivity contribution in [1.29, 1.82) is 0 Å². The highest BCUT2D eigenvalue weighted by atomic mass is 16.5. The SMILES string of the molecule is O=C(O)[C@H]1CC[C@@H](C(=O)N2Cc3ccccc3C3(CC3)C2)O1. The Kier molecular flexibility index (Phi) is 3.01. The van der Waals surface area contributed by atoms with Crippen molar-refractivity contribution >= 4 is 11.9 Å². The number of aliphatic carboxylic acids is 1. The summed E-state index contributed by atoms with van der Waals surface area (Å²) in [7, 11) is 0. The molecule has 1 aromatic carbocycles. The minimum atomic E-state index is -0.974. The van der Waals surface area contributed by atoms with E-state index in [1.54, 1.807) is 0 Å². The monoisotopic (exact) mass is 301 g/mol. The van der Waals surface area contributed by atoms with Crippen LogP contribution in [-0.2, 0) is 26.3 Å². The number of carbonyl (C=O) groups excluding carboxylic acids is 1. The van der Waals surface area contributed by atoms with Crippen molar-refractivity contribution < 1.29 is 19.4 Å². The predicted molar refractivity (Wildman–Crippen MR) is 78.3 cm³/mol. The molecule has 0 bridgehead atoms. The average molecular weight is 301 g/mol. The van der Waals surface area contributed by atoms with E-state index in [0.717, 1.165) is 19.4 Å². The van der Waals surface area contributed by atoms with Crippen LogP contribution >= 0.6 is 0 Å². The lowest BCUT2D eigenvalue weighted by Crippen LogP contribution is -2.46. The number of nitrogens with zero attached hydrogens (tertiary/aromatic N) is 1.